The van der Waals surface area contributed by atoms with Gasteiger partial charge in [0.25, 0.3) is 5.89 Å². The number of thiophene rings is 1. The highest BCUT2D eigenvalue weighted by atomic mass is 32.1. The molecule has 0 spiro atoms. The summed E-state index contributed by atoms with van der Waals surface area (Å²) < 4.78 is 10.7. The maximum Gasteiger partial charge on any atom is 0.257 e. The Morgan fingerprint density at radius 2 is 1.22 bits per heavy atom. The van der Waals surface area contributed by atoms with Gasteiger partial charge in [0.1, 0.15) is 40.3 Å². The quantitative estimate of drug-likeness (QED) is 0.0992. The van der Waals surface area contributed by atoms with Crippen molar-refractivity contribution in [1.82, 2.24) is 44.9 Å². The van der Waals surface area contributed by atoms with Crippen LogP contribution in [0.3, 0.4) is 0 Å². The number of nitrogens with one attached hydrogen (secondary N) is 3. The van der Waals surface area contributed by atoms with Gasteiger partial charge in [-0.2, -0.15) is 4.98 Å². The molecular formula is C60H66N12O3S. The summed E-state index contributed by atoms with van der Waals surface area (Å²) in [6, 6.07) is 34.6. The van der Waals surface area contributed by atoms with E-state index in [1.807, 2.05) is 50.1 Å². The fourth-order valence-corrected chi connectivity index (χ4v) is 10.1. The topological polar surface area (TPSA) is 182 Å². The molecule has 1 aliphatic carbocycles. The average molecular weight is 1040 g/mol. The van der Waals surface area contributed by atoms with E-state index in [-0.39, 0.29) is 24.0 Å². The van der Waals surface area contributed by atoms with Crippen molar-refractivity contribution in [2.45, 2.75) is 111 Å². The summed E-state index contributed by atoms with van der Waals surface area (Å²) >= 11 is 1.62. The van der Waals surface area contributed by atoms with Crippen molar-refractivity contribution in [2.24, 2.45) is 0 Å². The number of benzene rings is 4. The normalized spacial score (nSPS) is 15.6. The number of aryl methyl sites for hydroxylation is 4. The lowest BCUT2D eigenvalue weighted by Crippen LogP contribution is -2.47. The van der Waals surface area contributed by atoms with Crippen LogP contribution in [0.1, 0.15) is 139 Å². The van der Waals surface area contributed by atoms with Crippen molar-refractivity contribution in [3.63, 3.8) is 0 Å². The van der Waals surface area contributed by atoms with Gasteiger partial charge in [0.15, 0.2) is 5.82 Å². The minimum Gasteiger partial charge on any atom is -0.380 e. The number of rotatable bonds is 13. The number of carbonyl (C=O) groups is 1. The summed E-state index contributed by atoms with van der Waals surface area (Å²) in [5.74, 6) is 7.34. The standard InChI is InChI=1S/C21H23N3O.C20H23N5O.C19H20N4OS/c1-13-4-9-19-20(10-13)23-15(3)24-21(19)22-14(2)16-5-7-17(8-6-16)18-11-25-12-18;1-11-12(2)21-14(4)23-18(11)22-13(3)15-5-9-17(10-6-15)20-24-19(25-26-20)16-7-8-16;1-12(22-18-17-7-8-25-19(17)21-11-20-18)14-3-5-15(6-4-14)16-9-23(10-16)13(2)24/h4-10,14,18H,11-12H2,1-3H3,(H,22,23,24);5-6,9-10,13,16H,7-8H2,1-4H3,(H,21,22,23);3-8,11-12,16H,9-10H2,1-2H3,(H,20,21,22). The zero-order valence-corrected chi connectivity index (χ0v) is 45.6. The first-order valence-corrected chi connectivity index (χ1v) is 27.1. The molecule has 5 aromatic heterocycles. The van der Waals surface area contributed by atoms with Crippen LogP contribution in [0.15, 0.2) is 113 Å². The maximum atomic E-state index is 11.3. The molecule has 3 aliphatic rings. The van der Waals surface area contributed by atoms with Gasteiger partial charge in [0.2, 0.25) is 5.91 Å². The highest BCUT2D eigenvalue weighted by Crippen LogP contribution is 2.39. The second-order valence-corrected chi connectivity index (χ2v) is 21.4. The Morgan fingerprint density at radius 3 is 1.84 bits per heavy atom. The van der Waals surface area contributed by atoms with Gasteiger partial charge < -0.3 is 30.1 Å². The highest BCUT2D eigenvalue weighted by Gasteiger charge is 2.30. The van der Waals surface area contributed by atoms with Crippen LogP contribution in [0, 0.1) is 34.6 Å². The van der Waals surface area contributed by atoms with Gasteiger partial charge in [0.05, 0.1) is 24.1 Å². The van der Waals surface area contributed by atoms with E-state index < -0.39 is 0 Å². The first-order valence-electron chi connectivity index (χ1n) is 26.2. The molecule has 3 unspecified atom stereocenters. The summed E-state index contributed by atoms with van der Waals surface area (Å²) in [4.78, 5) is 45.5. The number of likely N-dealkylation sites (tertiary alicyclic amines) is 1. The van der Waals surface area contributed by atoms with Crippen molar-refractivity contribution >= 4 is 55.8 Å². The van der Waals surface area contributed by atoms with Crippen LogP contribution >= 0.6 is 11.3 Å². The third kappa shape index (κ3) is 12.0. The first kappa shape index (κ1) is 51.8. The van der Waals surface area contributed by atoms with E-state index in [2.05, 4.69) is 169 Å². The van der Waals surface area contributed by atoms with Gasteiger partial charge in [-0.05, 0) is 137 Å². The van der Waals surface area contributed by atoms with Crippen LogP contribution in [0.2, 0.25) is 0 Å². The molecule has 7 heterocycles. The summed E-state index contributed by atoms with van der Waals surface area (Å²) in [5.41, 5.74) is 11.5. The number of carbonyl (C=O) groups excluding carboxylic acids is 1. The summed E-state index contributed by atoms with van der Waals surface area (Å²) in [6.45, 7) is 21.4. The van der Waals surface area contributed by atoms with Crippen molar-refractivity contribution in [3.05, 3.63) is 171 Å². The monoisotopic (exact) mass is 1030 g/mol. The van der Waals surface area contributed by atoms with Crippen molar-refractivity contribution < 1.29 is 14.1 Å². The van der Waals surface area contributed by atoms with Gasteiger partial charge >= 0.3 is 0 Å². The van der Waals surface area contributed by atoms with E-state index in [4.69, 9.17) is 9.26 Å². The molecule has 4 aromatic carbocycles. The number of aromatic nitrogens is 8. The number of nitrogens with zero attached hydrogens (tertiary/aromatic N) is 9. The molecule has 12 rings (SSSR count). The molecule has 3 atom stereocenters. The molecule has 3 N–H and O–H groups in total. The Kier molecular flexibility index (Phi) is 15.4. The predicted octanol–water partition coefficient (Wildman–Crippen LogP) is 12.8. The number of hydrogen-bond donors (Lipinski definition) is 3. The van der Waals surface area contributed by atoms with E-state index in [1.54, 1.807) is 24.6 Å². The molecule has 76 heavy (non-hydrogen) atoms. The summed E-state index contributed by atoms with van der Waals surface area (Å²) in [5, 5.41) is 18.8. The number of anilines is 3. The fraction of sp³-hybridized carbons (Fsp3) is 0.350. The first-order chi connectivity index (χ1) is 36.7. The predicted molar refractivity (Wildman–Crippen MR) is 302 cm³/mol. The molecule has 2 aliphatic heterocycles. The molecular weight excluding hydrogens is 969 g/mol. The fourth-order valence-electron chi connectivity index (χ4n) is 9.41. The Balaban J connectivity index is 0.000000130. The minimum atomic E-state index is 0.126. The Labute approximate surface area is 448 Å². The van der Waals surface area contributed by atoms with Crippen molar-refractivity contribution in [2.75, 3.05) is 42.3 Å². The zero-order chi connectivity index (χ0) is 53.0. The average Bonchev–Trinajstić information content (AvgIpc) is 3.90. The second-order valence-electron chi connectivity index (χ2n) is 20.5. The SMILES string of the molecule is CC(=O)N1CC(c2ccc(C(C)Nc3ncnc4sccc34)cc2)C1.Cc1ccc2c(NC(C)c3ccc(C4COC4)cc3)nc(C)nc2c1.Cc1nc(C)c(C)c(NC(C)c2ccc(-c3nc(C4CC4)no3)cc2)n1. The van der Waals surface area contributed by atoms with E-state index >= 15 is 0 Å². The van der Waals surface area contributed by atoms with E-state index in [1.165, 1.54) is 46.2 Å². The number of amides is 1. The van der Waals surface area contributed by atoms with Gasteiger partial charge in [-0.1, -0.05) is 71.9 Å². The Bertz CT molecular complexity index is 3450. The number of hydrogen-bond acceptors (Lipinski definition) is 15. The largest absolute Gasteiger partial charge is 0.380 e. The zero-order valence-electron chi connectivity index (χ0n) is 44.8. The van der Waals surface area contributed by atoms with Crippen LogP contribution in [0.25, 0.3) is 32.6 Å². The Morgan fingerprint density at radius 1 is 0.632 bits per heavy atom. The number of ether oxygens (including phenoxy) is 1. The molecule has 0 radical (unpaired) electrons. The lowest BCUT2D eigenvalue weighted by molar-refractivity contribution is -0.133. The minimum absolute atomic E-state index is 0.126. The number of fused-ring (bicyclic) bond motifs is 2. The lowest BCUT2D eigenvalue weighted by atomic mass is 9.90. The van der Waals surface area contributed by atoms with Crippen molar-refractivity contribution in [3.8, 4) is 11.5 Å². The van der Waals surface area contributed by atoms with Gasteiger partial charge in [-0.3, -0.25) is 4.79 Å². The lowest BCUT2D eigenvalue weighted by Gasteiger charge is -2.39. The van der Waals surface area contributed by atoms with Crippen LogP contribution < -0.4 is 16.0 Å². The Hall–Kier alpha value is -7.69. The van der Waals surface area contributed by atoms with E-state index in [9.17, 15) is 4.79 Å². The second kappa shape index (κ2) is 22.7. The summed E-state index contributed by atoms with van der Waals surface area (Å²) in [6.07, 6.45) is 3.94. The third-order valence-corrected chi connectivity index (χ3v) is 15.4. The third-order valence-electron chi connectivity index (χ3n) is 14.6. The smallest absolute Gasteiger partial charge is 0.257 e. The van der Waals surface area contributed by atoms with Gasteiger partial charge in [-0.15, -0.1) is 11.3 Å². The highest BCUT2D eigenvalue weighted by molar-refractivity contribution is 7.16. The molecule has 0 bridgehead atoms. The van der Waals surface area contributed by atoms with E-state index in [0.29, 0.717) is 23.6 Å². The van der Waals surface area contributed by atoms with E-state index in [0.717, 1.165) is 99.2 Å². The summed E-state index contributed by atoms with van der Waals surface area (Å²) in [7, 11) is 0. The van der Waals surface area contributed by atoms with Crippen LogP contribution in [-0.4, -0.2) is 77.2 Å². The van der Waals surface area contributed by atoms with Crippen LogP contribution in [0.5, 0.6) is 0 Å². The van der Waals surface area contributed by atoms with Crippen molar-refractivity contribution in [1.29, 1.82) is 0 Å². The maximum absolute atomic E-state index is 11.3. The molecule has 3 fully saturated rings. The van der Waals surface area contributed by atoms with Crippen LogP contribution in [-0.2, 0) is 9.53 Å². The molecule has 15 nitrogen and oxygen atoms in total. The molecule has 2 saturated heterocycles. The molecule has 390 valence electrons. The molecule has 9 aromatic rings. The van der Waals surface area contributed by atoms with Gasteiger partial charge in [-0.25, -0.2) is 29.9 Å². The molecule has 16 heteroatoms. The van der Waals surface area contributed by atoms with Crippen LogP contribution in [0.4, 0.5) is 17.5 Å². The van der Waals surface area contributed by atoms with Gasteiger partial charge in [0, 0.05) is 78.1 Å². The molecule has 1 saturated carbocycles. The molecule has 1 amide bonds.